The Kier molecular flexibility index (Phi) is 6.02. The van der Waals surface area contributed by atoms with E-state index in [1.54, 1.807) is 0 Å². The summed E-state index contributed by atoms with van der Waals surface area (Å²) in [4.78, 5) is 21.0. The fraction of sp³-hybridized carbons (Fsp3) is 0.353. The average Bonchev–Trinajstić information content (AvgIpc) is 2.49. The van der Waals surface area contributed by atoms with E-state index in [1.165, 1.54) is 11.8 Å². The fourth-order valence-electron chi connectivity index (χ4n) is 2.33. The molecule has 0 aliphatic rings. The number of rotatable bonds is 5. The van der Waals surface area contributed by atoms with Crippen LogP contribution in [0.5, 0.6) is 0 Å². The normalized spacial score (nSPS) is 10.7. The highest BCUT2D eigenvalue weighted by Gasteiger charge is 2.11. The van der Waals surface area contributed by atoms with Gasteiger partial charge in [-0.2, -0.15) is 0 Å². The first kappa shape index (κ1) is 17.8. The summed E-state index contributed by atoms with van der Waals surface area (Å²) in [6.45, 7) is 5.87. The number of thioether (sulfide) groups is 1. The molecule has 0 bridgehead atoms. The molecular formula is C17H20ClN3OS. The molecule has 1 amide bonds. The summed E-state index contributed by atoms with van der Waals surface area (Å²) >= 11 is 7.66. The van der Waals surface area contributed by atoms with E-state index in [-0.39, 0.29) is 5.91 Å². The highest BCUT2D eigenvalue weighted by atomic mass is 35.5. The van der Waals surface area contributed by atoms with E-state index in [9.17, 15) is 4.79 Å². The maximum absolute atomic E-state index is 12.2. The molecule has 0 unspecified atom stereocenters. The minimum absolute atomic E-state index is 0.0662. The lowest BCUT2D eigenvalue weighted by atomic mass is 10.1. The Morgan fingerprint density at radius 3 is 2.43 bits per heavy atom. The summed E-state index contributed by atoms with van der Waals surface area (Å²) in [7, 11) is 0. The first-order valence-corrected chi connectivity index (χ1v) is 8.95. The van der Waals surface area contributed by atoms with Crippen LogP contribution < -0.4 is 5.32 Å². The molecule has 23 heavy (non-hydrogen) atoms. The maximum atomic E-state index is 12.2. The SMILES string of the molecule is CSc1nc(C)c(CCC(=O)Nc2ccc(C)cc2Cl)c(C)n1. The van der Waals surface area contributed by atoms with Crippen molar-refractivity contribution < 1.29 is 4.79 Å². The molecule has 0 atom stereocenters. The van der Waals surface area contributed by atoms with Gasteiger partial charge in [0.1, 0.15) is 0 Å². The highest BCUT2D eigenvalue weighted by molar-refractivity contribution is 7.98. The molecule has 2 aromatic rings. The number of nitrogens with one attached hydrogen (secondary N) is 1. The molecule has 122 valence electrons. The summed E-state index contributed by atoms with van der Waals surface area (Å²) < 4.78 is 0. The van der Waals surface area contributed by atoms with E-state index >= 15 is 0 Å². The smallest absolute Gasteiger partial charge is 0.224 e. The standard InChI is InChI=1S/C17H20ClN3OS/c1-10-5-7-15(14(18)9-10)21-16(22)8-6-13-11(2)19-17(23-4)20-12(13)3/h5,7,9H,6,8H2,1-4H3,(H,21,22). The number of nitrogens with zero attached hydrogens (tertiary/aromatic N) is 2. The quantitative estimate of drug-likeness (QED) is 0.644. The Morgan fingerprint density at radius 1 is 1.22 bits per heavy atom. The van der Waals surface area contributed by atoms with Crippen molar-refractivity contribution in [2.24, 2.45) is 0 Å². The van der Waals surface area contributed by atoms with E-state index in [0.717, 1.165) is 27.7 Å². The van der Waals surface area contributed by atoms with Crippen LogP contribution in [0.15, 0.2) is 23.4 Å². The van der Waals surface area contributed by atoms with Gasteiger partial charge in [-0.15, -0.1) is 0 Å². The van der Waals surface area contributed by atoms with Crippen LogP contribution in [0.2, 0.25) is 5.02 Å². The number of amides is 1. The Morgan fingerprint density at radius 2 is 1.87 bits per heavy atom. The number of carbonyl (C=O) groups is 1. The average molecular weight is 350 g/mol. The Bertz CT molecular complexity index is 711. The molecule has 0 fully saturated rings. The van der Waals surface area contributed by atoms with Gasteiger partial charge in [-0.05, 0) is 56.7 Å². The first-order valence-electron chi connectivity index (χ1n) is 7.35. The zero-order chi connectivity index (χ0) is 17.0. The number of hydrogen-bond donors (Lipinski definition) is 1. The Labute approximate surface area is 146 Å². The minimum Gasteiger partial charge on any atom is -0.325 e. The lowest BCUT2D eigenvalue weighted by Gasteiger charge is -2.11. The van der Waals surface area contributed by atoms with Gasteiger partial charge in [-0.1, -0.05) is 29.4 Å². The van der Waals surface area contributed by atoms with Crippen LogP contribution in [0.1, 0.15) is 28.9 Å². The summed E-state index contributed by atoms with van der Waals surface area (Å²) in [6, 6.07) is 5.58. The molecule has 0 aliphatic carbocycles. The van der Waals surface area contributed by atoms with Gasteiger partial charge in [0.05, 0.1) is 10.7 Å². The zero-order valence-corrected chi connectivity index (χ0v) is 15.3. The van der Waals surface area contributed by atoms with Crippen LogP contribution in [-0.2, 0) is 11.2 Å². The number of aryl methyl sites for hydroxylation is 3. The molecular weight excluding hydrogens is 330 g/mol. The summed E-state index contributed by atoms with van der Waals surface area (Å²) in [6.07, 6.45) is 2.93. The predicted molar refractivity (Wildman–Crippen MR) is 96.4 cm³/mol. The van der Waals surface area contributed by atoms with Crippen molar-refractivity contribution in [3.05, 3.63) is 45.7 Å². The maximum Gasteiger partial charge on any atom is 0.224 e. The molecule has 4 nitrogen and oxygen atoms in total. The topological polar surface area (TPSA) is 54.9 Å². The van der Waals surface area contributed by atoms with Gasteiger partial charge >= 0.3 is 0 Å². The second-order valence-corrected chi connectivity index (χ2v) is 6.57. The molecule has 0 aliphatic heterocycles. The van der Waals surface area contributed by atoms with Crippen LogP contribution in [0, 0.1) is 20.8 Å². The van der Waals surface area contributed by atoms with Gasteiger partial charge < -0.3 is 5.32 Å². The number of benzene rings is 1. The lowest BCUT2D eigenvalue weighted by Crippen LogP contribution is -2.14. The van der Waals surface area contributed by atoms with Gasteiger partial charge in [-0.3, -0.25) is 4.79 Å². The van der Waals surface area contributed by atoms with Gasteiger partial charge in [0.15, 0.2) is 5.16 Å². The molecule has 0 radical (unpaired) electrons. The van der Waals surface area contributed by atoms with Crippen molar-refractivity contribution in [2.75, 3.05) is 11.6 Å². The van der Waals surface area contributed by atoms with E-state index in [4.69, 9.17) is 11.6 Å². The summed E-state index contributed by atoms with van der Waals surface area (Å²) in [5.41, 5.74) is 4.61. The predicted octanol–water partition coefficient (Wildman–Crippen LogP) is 4.35. The number of hydrogen-bond acceptors (Lipinski definition) is 4. The zero-order valence-electron chi connectivity index (χ0n) is 13.7. The first-order chi connectivity index (χ1) is 10.9. The number of carbonyl (C=O) groups excluding carboxylic acids is 1. The van der Waals surface area contributed by atoms with E-state index < -0.39 is 0 Å². The largest absolute Gasteiger partial charge is 0.325 e. The van der Waals surface area contributed by atoms with E-state index in [2.05, 4.69) is 15.3 Å². The van der Waals surface area contributed by atoms with Crippen LogP contribution in [0.25, 0.3) is 0 Å². The van der Waals surface area contributed by atoms with E-state index in [0.29, 0.717) is 23.6 Å². The Hall–Kier alpha value is -1.59. The molecule has 1 aromatic carbocycles. The molecule has 1 heterocycles. The third kappa shape index (κ3) is 4.69. The van der Waals surface area contributed by atoms with Crippen molar-refractivity contribution in [1.29, 1.82) is 0 Å². The molecule has 1 N–H and O–H groups in total. The van der Waals surface area contributed by atoms with Gasteiger partial charge in [0.2, 0.25) is 5.91 Å². The molecule has 1 aromatic heterocycles. The summed E-state index contributed by atoms with van der Waals surface area (Å²) in [5, 5.41) is 4.17. The van der Waals surface area contributed by atoms with Crippen LogP contribution in [0.3, 0.4) is 0 Å². The van der Waals surface area contributed by atoms with Crippen LogP contribution in [0.4, 0.5) is 5.69 Å². The Balaban J connectivity index is 2.02. The van der Waals surface area contributed by atoms with E-state index in [1.807, 2.05) is 45.2 Å². The molecule has 2 rings (SSSR count). The van der Waals surface area contributed by atoms with Crippen molar-refractivity contribution in [1.82, 2.24) is 9.97 Å². The number of anilines is 1. The third-order valence-electron chi connectivity index (χ3n) is 3.58. The highest BCUT2D eigenvalue weighted by Crippen LogP contribution is 2.23. The number of aromatic nitrogens is 2. The van der Waals surface area contributed by atoms with Crippen molar-refractivity contribution in [3.8, 4) is 0 Å². The van der Waals surface area contributed by atoms with Crippen molar-refractivity contribution in [2.45, 2.75) is 38.8 Å². The second kappa shape index (κ2) is 7.79. The third-order valence-corrected chi connectivity index (χ3v) is 4.44. The summed E-state index contributed by atoms with van der Waals surface area (Å²) in [5.74, 6) is -0.0662. The van der Waals surface area contributed by atoms with Crippen LogP contribution >= 0.6 is 23.4 Å². The fourth-order valence-corrected chi connectivity index (χ4v) is 3.07. The lowest BCUT2D eigenvalue weighted by molar-refractivity contribution is -0.116. The monoisotopic (exact) mass is 349 g/mol. The van der Waals surface area contributed by atoms with Gasteiger partial charge in [-0.25, -0.2) is 9.97 Å². The molecule has 0 saturated heterocycles. The van der Waals surface area contributed by atoms with Gasteiger partial charge in [0.25, 0.3) is 0 Å². The van der Waals surface area contributed by atoms with Gasteiger partial charge in [0, 0.05) is 17.8 Å². The van der Waals surface area contributed by atoms with Crippen LogP contribution in [-0.4, -0.2) is 22.1 Å². The van der Waals surface area contributed by atoms with Crippen molar-refractivity contribution >= 4 is 35.0 Å². The van der Waals surface area contributed by atoms with Crippen molar-refractivity contribution in [3.63, 3.8) is 0 Å². The minimum atomic E-state index is -0.0662. The molecule has 0 spiro atoms. The molecule has 0 saturated carbocycles. The second-order valence-electron chi connectivity index (χ2n) is 5.39. The number of halogens is 1. The molecule has 6 heteroatoms.